The first-order valence-corrected chi connectivity index (χ1v) is 5.59. The SMILES string of the molecule is Cc1ncc(CCl)c(C)c1CC(C)C. The molecule has 0 bridgehead atoms. The van der Waals surface area contributed by atoms with E-state index in [1.807, 2.05) is 6.20 Å². The molecule has 0 saturated heterocycles. The maximum absolute atomic E-state index is 5.85. The smallest absolute Gasteiger partial charge is 0.0492 e. The molecule has 0 amide bonds. The van der Waals surface area contributed by atoms with Crippen LogP contribution in [-0.2, 0) is 12.3 Å². The summed E-state index contributed by atoms with van der Waals surface area (Å²) in [5.74, 6) is 1.23. The molecule has 14 heavy (non-hydrogen) atoms. The standard InChI is InChI=1S/C12H18ClN/c1-8(2)5-12-9(3)11(6-13)7-14-10(12)4/h7-8H,5-6H2,1-4H3. The Morgan fingerprint density at radius 2 is 2.00 bits per heavy atom. The lowest BCUT2D eigenvalue weighted by Gasteiger charge is -2.13. The zero-order chi connectivity index (χ0) is 10.7. The molecule has 0 radical (unpaired) electrons. The van der Waals surface area contributed by atoms with Crippen molar-refractivity contribution in [1.29, 1.82) is 0 Å². The first-order chi connectivity index (χ1) is 6.56. The van der Waals surface area contributed by atoms with E-state index in [1.165, 1.54) is 11.1 Å². The van der Waals surface area contributed by atoms with Crippen molar-refractivity contribution in [1.82, 2.24) is 4.98 Å². The number of hydrogen-bond acceptors (Lipinski definition) is 1. The molecule has 0 aromatic carbocycles. The van der Waals surface area contributed by atoms with Gasteiger partial charge in [0.25, 0.3) is 0 Å². The summed E-state index contributed by atoms with van der Waals surface area (Å²) < 4.78 is 0. The molecule has 0 aliphatic rings. The number of hydrogen-bond donors (Lipinski definition) is 0. The van der Waals surface area contributed by atoms with Crippen LogP contribution in [0.2, 0.25) is 0 Å². The minimum absolute atomic E-state index is 0.560. The highest BCUT2D eigenvalue weighted by molar-refractivity contribution is 6.17. The summed E-state index contributed by atoms with van der Waals surface area (Å²) in [7, 11) is 0. The molecule has 0 saturated carbocycles. The van der Waals surface area contributed by atoms with Gasteiger partial charge in [0.2, 0.25) is 0 Å². The highest BCUT2D eigenvalue weighted by Gasteiger charge is 2.09. The minimum atomic E-state index is 0.560. The summed E-state index contributed by atoms with van der Waals surface area (Å²) in [5, 5.41) is 0. The van der Waals surface area contributed by atoms with Crippen molar-refractivity contribution >= 4 is 11.6 Å². The highest BCUT2D eigenvalue weighted by Crippen LogP contribution is 2.20. The molecule has 1 nitrogen and oxygen atoms in total. The number of alkyl halides is 1. The van der Waals surface area contributed by atoms with Crippen LogP contribution in [0.25, 0.3) is 0 Å². The number of aryl methyl sites for hydroxylation is 1. The van der Waals surface area contributed by atoms with E-state index in [4.69, 9.17) is 11.6 Å². The zero-order valence-electron chi connectivity index (χ0n) is 9.39. The van der Waals surface area contributed by atoms with Gasteiger partial charge in [-0.1, -0.05) is 13.8 Å². The first kappa shape index (κ1) is 11.5. The summed E-state index contributed by atoms with van der Waals surface area (Å²) in [6.07, 6.45) is 2.98. The van der Waals surface area contributed by atoms with Gasteiger partial charge in [-0.2, -0.15) is 0 Å². The quantitative estimate of drug-likeness (QED) is 0.696. The van der Waals surface area contributed by atoms with Gasteiger partial charge in [-0.3, -0.25) is 4.98 Å². The number of nitrogens with zero attached hydrogens (tertiary/aromatic N) is 1. The number of rotatable bonds is 3. The van der Waals surface area contributed by atoms with E-state index in [-0.39, 0.29) is 0 Å². The van der Waals surface area contributed by atoms with Gasteiger partial charge in [-0.15, -0.1) is 11.6 Å². The molecule has 0 aliphatic carbocycles. The Balaban J connectivity index is 3.11. The van der Waals surface area contributed by atoms with Crippen molar-refractivity contribution < 1.29 is 0 Å². The summed E-state index contributed by atoms with van der Waals surface area (Å²) in [6, 6.07) is 0. The van der Waals surface area contributed by atoms with Gasteiger partial charge in [0.15, 0.2) is 0 Å². The molecule has 2 heteroatoms. The molecule has 1 aromatic heterocycles. The van der Waals surface area contributed by atoms with Gasteiger partial charge < -0.3 is 0 Å². The van der Waals surface area contributed by atoms with Crippen LogP contribution in [0.1, 0.15) is 36.2 Å². The molecule has 0 fully saturated rings. The Hall–Kier alpha value is -0.560. The topological polar surface area (TPSA) is 12.9 Å². The molecule has 78 valence electrons. The third kappa shape index (κ3) is 2.48. The Morgan fingerprint density at radius 3 is 2.50 bits per heavy atom. The van der Waals surface area contributed by atoms with Crippen molar-refractivity contribution in [2.45, 2.75) is 40.0 Å². The fourth-order valence-electron chi connectivity index (χ4n) is 1.66. The van der Waals surface area contributed by atoms with Crippen LogP contribution >= 0.6 is 11.6 Å². The molecule has 0 atom stereocenters. The average Bonchev–Trinajstić information content (AvgIpc) is 2.12. The number of pyridine rings is 1. The summed E-state index contributed by atoms with van der Waals surface area (Å²) in [6.45, 7) is 8.67. The van der Waals surface area contributed by atoms with Crippen molar-refractivity contribution in [3.05, 3.63) is 28.6 Å². The van der Waals surface area contributed by atoms with E-state index in [9.17, 15) is 0 Å². The molecule has 1 heterocycles. The lowest BCUT2D eigenvalue weighted by molar-refractivity contribution is 0.639. The summed E-state index contributed by atoms with van der Waals surface area (Å²) >= 11 is 5.85. The first-order valence-electron chi connectivity index (χ1n) is 5.06. The number of halogens is 1. The van der Waals surface area contributed by atoms with E-state index in [2.05, 4.69) is 32.7 Å². The van der Waals surface area contributed by atoms with E-state index in [0.29, 0.717) is 11.8 Å². The fourth-order valence-corrected chi connectivity index (χ4v) is 1.93. The molecular formula is C12H18ClN. The molecule has 0 N–H and O–H groups in total. The summed E-state index contributed by atoms with van der Waals surface area (Å²) in [4.78, 5) is 4.38. The van der Waals surface area contributed by atoms with E-state index in [1.54, 1.807) is 0 Å². The van der Waals surface area contributed by atoms with E-state index in [0.717, 1.165) is 17.7 Å². The molecule has 0 spiro atoms. The molecule has 1 rings (SSSR count). The third-order valence-corrected chi connectivity index (χ3v) is 2.83. The van der Waals surface area contributed by atoms with Gasteiger partial charge >= 0.3 is 0 Å². The second kappa shape index (κ2) is 4.79. The van der Waals surface area contributed by atoms with Crippen molar-refractivity contribution in [3.63, 3.8) is 0 Å². The normalized spacial score (nSPS) is 11.0. The lowest BCUT2D eigenvalue weighted by Crippen LogP contribution is -2.04. The highest BCUT2D eigenvalue weighted by atomic mass is 35.5. The average molecular weight is 212 g/mol. The van der Waals surface area contributed by atoms with Crippen LogP contribution in [0.15, 0.2) is 6.20 Å². The molecule has 0 unspecified atom stereocenters. The van der Waals surface area contributed by atoms with Crippen LogP contribution in [0.4, 0.5) is 0 Å². The lowest BCUT2D eigenvalue weighted by atomic mass is 9.95. The van der Waals surface area contributed by atoms with Crippen LogP contribution in [0.3, 0.4) is 0 Å². The predicted octanol–water partition coefficient (Wildman–Crippen LogP) is 3.64. The second-order valence-corrected chi connectivity index (χ2v) is 4.47. The van der Waals surface area contributed by atoms with Crippen LogP contribution < -0.4 is 0 Å². The monoisotopic (exact) mass is 211 g/mol. The van der Waals surface area contributed by atoms with Crippen molar-refractivity contribution in [3.8, 4) is 0 Å². The Kier molecular flexibility index (Phi) is 3.94. The number of aromatic nitrogens is 1. The van der Waals surface area contributed by atoms with Crippen LogP contribution in [0.5, 0.6) is 0 Å². The van der Waals surface area contributed by atoms with Gasteiger partial charge in [-0.05, 0) is 42.9 Å². The summed E-state index contributed by atoms with van der Waals surface area (Å²) in [5.41, 5.74) is 5.00. The van der Waals surface area contributed by atoms with Crippen molar-refractivity contribution in [2.24, 2.45) is 5.92 Å². The largest absolute Gasteiger partial charge is 0.261 e. The molecular weight excluding hydrogens is 194 g/mol. The minimum Gasteiger partial charge on any atom is -0.261 e. The second-order valence-electron chi connectivity index (χ2n) is 4.20. The molecule has 0 aliphatic heterocycles. The van der Waals surface area contributed by atoms with Crippen molar-refractivity contribution in [2.75, 3.05) is 0 Å². The van der Waals surface area contributed by atoms with Crippen LogP contribution in [-0.4, -0.2) is 4.98 Å². The predicted molar refractivity (Wildman–Crippen MR) is 61.8 cm³/mol. The Morgan fingerprint density at radius 1 is 1.36 bits per heavy atom. The van der Waals surface area contributed by atoms with Gasteiger partial charge in [-0.25, -0.2) is 0 Å². The molecule has 1 aromatic rings. The van der Waals surface area contributed by atoms with Gasteiger partial charge in [0, 0.05) is 17.8 Å². The Labute approximate surface area is 91.5 Å². The maximum atomic E-state index is 5.85. The maximum Gasteiger partial charge on any atom is 0.0492 e. The Bertz CT molecular complexity index is 318. The zero-order valence-corrected chi connectivity index (χ0v) is 10.2. The fraction of sp³-hybridized carbons (Fsp3) is 0.583. The van der Waals surface area contributed by atoms with E-state index < -0.39 is 0 Å². The third-order valence-electron chi connectivity index (χ3n) is 2.54. The van der Waals surface area contributed by atoms with E-state index >= 15 is 0 Å². The van der Waals surface area contributed by atoms with Gasteiger partial charge in [0.05, 0.1) is 0 Å². The van der Waals surface area contributed by atoms with Gasteiger partial charge in [0.1, 0.15) is 0 Å². The van der Waals surface area contributed by atoms with Crippen LogP contribution in [0, 0.1) is 19.8 Å².